The van der Waals surface area contributed by atoms with Crippen molar-refractivity contribution in [2.24, 2.45) is 0 Å². The van der Waals surface area contributed by atoms with E-state index in [1.165, 1.54) is 0 Å². The fraction of sp³-hybridized carbons (Fsp3) is 0.143. The molecule has 4 nitrogen and oxygen atoms in total. The van der Waals surface area contributed by atoms with Gasteiger partial charge in [0, 0.05) is 17.7 Å². The third-order valence-corrected chi connectivity index (χ3v) is 2.28. The molecule has 0 amide bonds. The zero-order valence-corrected chi connectivity index (χ0v) is 9.93. The Hall–Kier alpha value is -2.54. The van der Waals surface area contributed by atoms with E-state index >= 15 is 0 Å². The fourth-order valence-electron chi connectivity index (χ4n) is 1.44. The number of nitrogens with one attached hydrogen (secondary N) is 1. The molecule has 1 heterocycles. The number of carbonyl (C=O) groups is 1. The summed E-state index contributed by atoms with van der Waals surface area (Å²) in [5.74, 6) is 4.67. The van der Waals surface area contributed by atoms with Gasteiger partial charge in [-0.25, -0.2) is 4.79 Å². The van der Waals surface area contributed by atoms with Crippen molar-refractivity contribution in [1.29, 1.82) is 0 Å². The highest BCUT2D eigenvalue weighted by atomic mass is 16.5. The number of hydrogen-bond donors (Lipinski definition) is 1. The number of hydrogen-bond acceptors (Lipinski definition) is 3. The van der Waals surface area contributed by atoms with Crippen LogP contribution in [0.15, 0.2) is 36.5 Å². The number of aromatic amines is 1. The topological polar surface area (TPSA) is 55.0 Å². The molecular formula is C14H12N2O2. The van der Waals surface area contributed by atoms with Crippen LogP contribution in [0.25, 0.3) is 11.3 Å². The van der Waals surface area contributed by atoms with E-state index in [1.807, 2.05) is 30.3 Å². The van der Waals surface area contributed by atoms with E-state index in [4.69, 9.17) is 4.74 Å². The van der Waals surface area contributed by atoms with E-state index in [0.29, 0.717) is 6.61 Å². The summed E-state index contributed by atoms with van der Waals surface area (Å²) in [7, 11) is 0. The zero-order valence-electron chi connectivity index (χ0n) is 9.93. The molecule has 1 aromatic heterocycles. The zero-order chi connectivity index (χ0) is 12.8. The molecule has 2 aromatic rings. The normalized spacial score (nSPS) is 9.39. The molecule has 0 radical (unpaired) electrons. The van der Waals surface area contributed by atoms with Gasteiger partial charge in [0.2, 0.25) is 0 Å². The van der Waals surface area contributed by atoms with Crippen LogP contribution in [0.2, 0.25) is 0 Å². The van der Waals surface area contributed by atoms with Crippen LogP contribution in [-0.4, -0.2) is 22.8 Å². The highest BCUT2D eigenvalue weighted by molar-refractivity contribution is 5.89. The van der Waals surface area contributed by atoms with Gasteiger partial charge in [0.25, 0.3) is 0 Å². The molecule has 18 heavy (non-hydrogen) atoms. The standard InChI is InChI=1S/C14H12N2O2/c1-2-18-14(17)8-5-11-3-6-12(7-4-11)13-9-10-15-16-13/h3-4,6-7,9-10H,2H2,1H3,(H,15,16). The van der Waals surface area contributed by atoms with Gasteiger partial charge in [0.1, 0.15) is 0 Å². The van der Waals surface area contributed by atoms with Crippen LogP contribution in [0, 0.1) is 11.8 Å². The minimum atomic E-state index is -0.504. The molecule has 2 rings (SSSR count). The minimum absolute atomic E-state index is 0.340. The van der Waals surface area contributed by atoms with Crippen molar-refractivity contribution in [3.63, 3.8) is 0 Å². The lowest BCUT2D eigenvalue weighted by Gasteiger charge is -1.97. The Morgan fingerprint density at radius 3 is 2.72 bits per heavy atom. The van der Waals surface area contributed by atoms with Crippen LogP contribution in [0.3, 0.4) is 0 Å². The molecular weight excluding hydrogens is 228 g/mol. The van der Waals surface area contributed by atoms with Gasteiger partial charge >= 0.3 is 5.97 Å². The summed E-state index contributed by atoms with van der Waals surface area (Å²) in [4.78, 5) is 11.1. The van der Waals surface area contributed by atoms with Crippen molar-refractivity contribution < 1.29 is 9.53 Å². The second-order valence-electron chi connectivity index (χ2n) is 3.52. The third-order valence-electron chi connectivity index (χ3n) is 2.28. The largest absolute Gasteiger partial charge is 0.456 e. The number of aromatic nitrogens is 2. The molecule has 0 fully saturated rings. The Morgan fingerprint density at radius 1 is 1.33 bits per heavy atom. The fourth-order valence-corrected chi connectivity index (χ4v) is 1.44. The highest BCUT2D eigenvalue weighted by Crippen LogP contribution is 2.15. The summed E-state index contributed by atoms with van der Waals surface area (Å²) >= 11 is 0. The number of nitrogens with zero attached hydrogens (tertiary/aromatic N) is 1. The first kappa shape index (κ1) is 11.9. The van der Waals surface area contributed by atoms with E-state index in [1.54, 1.807) is 13.1 Å². The summed E-state index contributed by atoms with van der Waals surface area (Å²) in [6, 6.07) is 9.43. The maximum absolute atomic E-state index is 11.1. The lowest BCUT2D eigenvalue weighted by atomic mass is 10.1. The van der Waals surface area contributed by atoms with Crippen molar-refractivity contribution in [2.75, 3.05) is 6.61 Å². The molecule has 0 aliphatic rings. The van der Waals surface area contributed by atoms with Gasteiger partial charge in [-0.3, -0.25) is 5.10 Å². The van der Waals surface area contributed by atoms with Gasteiger partial charge in [0.05, 0.1) is 12.3 Å². The number of H-pyrrole nitrogens is 1. The third kappa shape index (κ3) is 2.98. The Labute approximate surface area is 105 Å². The van der Waals surface area contributed by atoms with Gasteiger partial charge in [-0.2, -0.15) is 5.10 Å². The molecule has 90 valence electrons. The number of ether oxygens (including phenoxy) is 1. The van der Waals surface area contributed by atoms with Gasteiger partial charge < -0.3 is 4.74 Å². The van der Waals surface area contributed by atoms with Crippen LogP contribution < -0.4 is 0 Å². The van der Waals surface area contributed by atoms with E-state index < -0.39 is 5.97 Å². The molecule has 0 bridgehead atoms. The Kier molecular flexibility index (Phi) is 3.77. The molecule has 0 saturated carbocycles. The minimum Gasteiger partial charge on any atom is -0.456 e. The lowest BCUT2D eigenvalue weighted by Crippen LogP contribution is -1.99. The maximum atomic E-state index is 11.1. The first-order valence-electron chi connectivity index (χ1n) is 5.58. The molecule has 0 saturated heterocycles. The molecule has 4 heteroatoms. The maximum Gasteiger partial charge on any atom is 0.384 e. The van der Waals surface area contributed by atoms with Crippen LogP contribution in [-0.2, 0) is 9.53 Å². The van der Waals surface area contributed by atoms with Gasteiger partial charge in [0.15, 0.2) is 0 Å². The molecule has 1 aromatic carbocycles. The first-order chi connectivity index (χ1) is 8.79. The van der Waals surface area contributed by atoms with Crippen molar-refractivity contribution in [3.8, 4) is 23.1 Å². The second-order valence-corrected chi connectivity index (χ2v) is 3.52. The van der Waals surface area contributed by atoms with E-state index in [2.05, 4.69) is 22.0 Å². The Morgan fingerprint density at radius 2 is 2.11 bits per heavy atom. The SMILES string of the molecule is CCOC(=O)C#Cc1ccc(-c2ccn[nH]2)cc1. The number of rotatable bonds is 2. The van der Waals surface area contributed by atoms with Crippen LogP contribution in [0.1, 0.15) is 12.5 Å². The monoisotopic (exact) mass is 240 g/mol. The van der Waals surface area contributed by atoms with Crippen molar-refractivity contribution in [1.82, 2.24) is 10.2 Å². The smallest absolute Gasteiger partial charge is 0.384 e. The summed E-state index contributed by atoms with van der Waals surface area (Å²) in [5, 5.41) is 6.77. The average Bonchev–Trinajstić information content (AvgIpc) is 2.91. The highest BCUT2D eigenvalue weighted by Gasteiger charge is 1.98. The lowest BCUT2D eigenvalue weighted by molar-refractivity contribution is -0.136. The van der Waals surface area contributed by atoms with Crippen LogP contribution >= 0.6 is 0 Å². The Balaban J connectivity index is 2.11. The molecule has 0 spiro atoms. The van der Waals surface area contributed by atoms with Crippen LogP contribution in [0.4, 0.5) is 0 Å². The Bertz CT molecular complexity index is 575. The van der Waals surface area contributed by atoms with Crippen LogP contribution in [0.5, 0.6) is 0 Å². The quantitative estimate of drug-likeness (QED) is 0.645. The van der Waals surface area contributed by atoms with E-state index in [9.17, 15) is 4.79 Å². The number of carbonyl (C=O) groups excluding carboxylic acids is 1. The number of esters is 1. The van der Waals surface area contributed by atoms with E-state index in [-0.39, 0.29) is 0 Å². The number of benzene rings is 1. The predicted molar refractivity (Wildman–Crippen MR) is 67.5 cm³/mol. The predicted octanol–water partition coefficient (Wildman–Crippen LogP) is 1.99. The van der Waals surface area contributed by atoms with Crippen molar-refractivity contribution in [3.05, 3.63) is 42.1 Å². The summed E-state index contributed by atoms with van der Waals surface area (Å²) in [6.07, 6.45) is 1.70. The van der Waals surface area contributed by atoms with Gasteiger partial charge in [-0.1, -0.05) is 18.1 Å². The average molecular weight is 240 g/mol. The molecule has 0 atom stereocenters. The van der Waals surface area contributed by atoms with Crippen molar-refractivity contribution in [2.45, 2.75) is 6.92 Å². The summed E-state index contributed by atoms with van der Waals surface area (Å²) < 4.78 is 4.72. The van der Waals surface area contributed by atoms with Gasteiger partial charge in [-0.05, 0) is 30.7 Å². The second kappa shape index (κ2) is 5.69. The van der Waals surface area contributed by atoms with E-state index in [0.717, 1.165) is 16.8 Å². The summed E-state index contributed by atoms with van der Waals surface area (Å²) in [6.45, 7) is 2.09. The van der Waals surface area contributed by atoms with Gasteiger partial charge in [-0.15, -0.1) is 0 Å². The summed E-state index contributed by atoms with van der Waals surface area (Å²) in [5.41, 5.74) is 2.74. The molecule has 1 N–H and O–H groups in total. The molecule has 0 aliphatic carbocycles. The molecule has 0 aliphatic heterocycles. The molecule has 0 unspecified atom stereocenters. The van der Waals surface area contributed by atoms with Crippen molar-refractivity contribution >= 4 is 5.97 Å². The first-order valence-corrected chi connectivity index (χ1v) is 5.58.